The summed E-state index contributed by atoms with van der Waals surface area (Å²) in [5, 5.41) is 49.0. The third-order valence-electron chi connectivity index (χ3n) is 9.01. The van der Waals surface area contributed by atoms with Crippen LogP contribution < -0.4 is 16.0 Å². The highest BCUT2D eigenvalue weighted by Crippen LogP contribution is 2.53. The first-order valence-electron chi connectivity index (χ1n) is 14.2. The van der Waals surface area contributed by atoms with Crippen LogP contribution in [-0.4, -0.2) is 89.2 Å². The molecule has 11 heteroatoms. The Bertz CT molecular complexity index is 1560. The van der Waals surface area contributed by atoms with Gasteiger partial charge in [0.25, 0.3) is 5.91 Å². The molecule has 228 valence electrons. The fourth-order valence-electron chi connectivity index (χ4n) is 6.99. The number of aromatic hydroxyl groups is 1. The van der Waals surface area contributed by atoms with E-state index in [1.807, 2.05) is 55.4 Å². The van der Waals surface area contributed by atoms with Crippen molar-refractivity contribution in [3.05, 3.63) is 81.3 Å². The largest absolute Gasteiger partial charge is 0.510 e. The number of aliphatic hydroxyl groups is 3. The maximum Gasteiger partial charge on any atom is 0.255 e. The molecule has 2 aromatic rings. The standard InChI is InChI=1S/C32H38N4O7/c1-35(2)21-14-18(15-34-11-10-16-8-6-5-7-9-16)26(37)23-19(21)12-17-13-20-25(36(3)4)28(39)24(31(33)42)30(41)32(20,43)29(40)22(17)27(23)38/h5-9,14,17,20,25,34,37,39-40,43H,10-13,15H2,1-4H3,(H2,33,42). The number of hydrogen-bond donors (Lipinski definition) is 6. The van der Waals surface area contributed by atoms with E-state index in [4.69, 9.17) is 5.73 Å². The molecule has 3 aliphatic rings. The van der Waals surface area contributed by atoms with Gasteiger partial charge in [-0.25, -0.2) is 0 Å². The van der Waals surface area contributed by atoms with Crippen molar-refractivity contribution in [3.63, 3.8) is 0 Å². The number of likely N-dealkylation sites (N-methyl/N-ethyl adjacent to an activating group) is 1. The highest BCUT2D eigenvalue weighted by Gasteiger charge is 2.63. The molecule has 11 nitrogen and oxygen atoms in total. The van der Waals surface area contributed by atoms with Gasteiger partial charge in [-0.1, -0.05) is 30.3 Å². The van der Waals surface area contributed by atoms with Crippen LogP contribution in [-0.2, 0) is 29.0 Å². The number of allylic oxidation sites excluding steroid dienone is 1. The number of rotatable bonds is 8. The van der Waals surface area contributed by atoms with Crippen LogP contribution in [0.3, 0.4) is 0 Å². The fourth-order valence-corrected chi connectivity index (χ4v) is 6.99. The molecule has 0 heterocycles. The highest BCUT2D eigenvalue weighted by molar-refractivity contribution is 6.25. The number of nitrogens with two attached hydrogens (primary N) is 1. The average Bonchev–Trinajstić information content (AvgIpc) is 2.94. The molecular formula is C32H38N4O7. The van der Waals surface area contributed by atoms with E-state index < -0.39 is 58.0 Å². The van der Waals surface area contributed by atoms with Gasteiger partial charge in [-0.05, 0) is 63.0 Å². The topological polar surface area (TPSA) is 177 Å². The van der Waals surface area contributed by atoms with Crippen molar-refractivity contribution in [2.24, 2.45) is 17.6 Å². The molecule has 3 aliphatic carbocycles. The van der Waals surface area contributed by atoms with Crippen molar-refractivity contribution < 1.29 is 34.8 Å². The van der Waals surface area contributed by atoms with E-state index >= 15 is 0 Å². The predicted octanol–water partition coefficient (Wildman–Crippen LogP) is 1.52. The van der Waals surface area contributed by atoms with Crippen molar-refractivity contribution >= 4 is 23.2 Å². The second kappa shape index (κ2) is 11.1. The zero-order chi connectivity index (χ0) is 31.4. The SMILES string of the molecule is CN(C)c1cc(CNCCc2ccccc2)c(O)c2c1CC1CC3C(N(C)C)C(O)=C(C(N)=O)C(=O)C3(O)C(O)=C1C2=O. The molecular weight excluding hydrogens is 552 g/mol. The molecule has 0 saturated heterocycles. The van der Waals surface area contributed by atoms with Crippen molar-refractivity contribution in [1.82, 2.24) is 10.2 Å². The molecule has 4 unspecified atom stereocenters. The van der Waals surface area contributed by atoms with E-state index in [1.165, 1.54) is 4.90 Å². The first kappa shape index (κ1) is 30.3. The monoisotopic (exact) mass is 590 g/mol. The number of phenols is 1. The van der Waals surface area contributed by atoms with Gasteiger partial charge in [0.1, 0.15) is 22.8 Å². The van der Waals surface area contributed by atoms with Crippen molar-refractivity contribution in [1.29, 1.82) is 0 Å². The molecule has 1 amide bonds. The summed E-state index contributed by atoms with van der Waals surface area (Å²) in [4.78, 5) is 43.2. The second-order valence-corrected chi connectivity index (χ2v) is 12.0. The van der Waals surface area contributed by atoms with Gasteiger partial charge in [-0.15, -0.1) is 0 Å². The number of fused-ring (bicyclic) bond motifs is 3. The highest BCUT2D eigenvalue weighted by atomic mass is 16.3. The molecule has 2 aromatic carbocycles. The Morgan fingerprint density at radius 3 is 2.37 bits per heavy atom. The molecule has 43 heavy (non-hydrogen) atoms. The van der Waals surface area contributed by atoms with Gasteiger partial charge < -0.3 is 36.4 Å². The van der Waals surface area contributed by atoms with Gasteiger partial charge in [-0.3, -0.25) is 19.3 Å². The number of nitrogens with one attached hydrogen (secondary N) is 1. The van der Waals surface area contributed by atoms with E-state index in [1.54, 1.807) is 14.1 Å². The fraction of sp³-hybridized carbons (Fsp3) is 0.406. The summed E-state index contributed by atoms with van der Waals surface area (Å²) < 4.78 is 0. The molecule has 0 spiro atoms. The molecule has 0 radical (unpaired) electrons. The number of ketones is 2. The normalized spacial score (nSPS) is 25.0. The quantitative estimate of drug-likeness (QED) is 0.195. The Morgan fingerprint density at radius 2 is 1.77 bits per heavy atom. The van der Waals surface area contributed by atoms with Crippen LogP contribution in [0.4, 0.5) is 5.69 Å². The second-order valence-electron chi connectivity index (χ2n) is 12.0. The number of primary amides is 1. The Kier molecular flexibility index (Phi) is 7.84. The zero-order valence-corrected chi connectivity index (χ0v) is 24.7. The number of benzene rings is 2. The number of hydrogen-bond acceptors (Lipinski definition) is 10. The predicted molar refractivity (Wildman–Crippen MR) is 160 cm³/mol. The summed E-state index contributed by atoms with van der Waals surface area (Å²) in [5.41, 5.74) is 4.72. The summed E-state index contributed by atoms with van der Waals surface area (Å²) in [6.07, 6.45) is 1.05. The third kappa shape index (κ3) is 4.77. The lowest BCUT2D eigenvalue weighted by Gasteiger charge is -2.50. The van der Waals surface area contributed by atoms with E-state index in [0.29, 0.717) is 17.7 Å². The first-order valence-corrected chi connectivity index (χ1v) is 14.2. The lowest BCUT2D eigenvalue weighted by molar-refractivity contribution is -0.148. The smallest absolute Gasteiger partial charge is 0.255 e. The van der Waals surface area contributed by atoms with Crippen LogP contribution in [0, 0.1) is 11.8 Å². The minimum atomic E-state index is -2.67. The van der Waals surface area contributed by atoms with Crippen molar-refractivity contribution in [3.8, 4) is 5.75 Å². The number of carbonyl (C=O) groups is 3. The number of phenolic OH excluding ortho intramolecular Hbond substituents is 1. The number of aliphatic hydroxyl groups excluding tert-OH is 2. The van der Waals surface area contributed by atoms with Crippen molar-refractivity contribution in [2.75, 3.05) is 39.6 Å². The van der Waals surface area contributed by atoms with E-state index in [-0.39, 0.29) is 36.3 Å². The summed E-state index contributed by atoms with van der Waals surface area (Å²) in [7, 11) is 6.88. The van der Waals surface area contributed by atoms with Crippen LogP contribution in [0.1, 0.15) is 33.5 Å². The van der Waals surface area contributed by atoms with Crippen molar-refractivity contribution in [2.45, 2.75) is 37.5 Å². The zero-order valence-electron chi connectivity index (χ0n) is 24.7. The first-order chi connectivity index (χ1) is 20.3. The number of nitrogens with zero attached hydrogens (tertiary/aromatic N) is 2. The molecule has 7 N–H and O–H groups in total. The van der Waals surface area contributed by atoms with Crippen LogP contribution >= 0.6 is 0 Å². The molecule has 0 aromatic heterocycles. The third-order valence-corrected chi connectivity index (χ3v) is 9.01. The maximum atomic E-state index is 14.1. The van der Waals surface area contributed by atoms with Gasteiger partial charge in [0, 0.05) is 43.4 Å². The van der Waals surface area contributed by atoms with Gasteiger partial charge >= 0.3 is 0 Å². The summed E-state index contributed by atoms with van der Waals surface area (Å²) >= 11 is 0. The molecule has 4 atom stereocenters. The molecule has 0 aliphatic heterocycles. The number of anilines is 1. The number of amides is 1. The molecule has 0 saturated carbocycles. The van der Waals surface area contributed by atoms with E-state index in [0.717, 1.165) is 17.7 Å². The Labute approximate surface area is 249 Å². The van der Waals surface area contributed by atoms with Crippen LogP contribution in [0.15, 0.2) is 59.1 Å². The number of Topliss-reactive ketones (excluding diaryl/α,β-unsaturated/α-hetero) is 2. The minimum absolute atomic E-state index is 0.00633. The van der Waals surface area contributed by atoms with E-state index in [9.17, 15) is 34.8 Å². The van der Waals surface area contributed by atoms with Gasteiger partial charge in [0.05, 0.1) is 11.6 Å². The Morgan fingerprint density at radius 1 is 1.09 bits per heavy atom. The summed E-state index contributed by atoms with van der Waals surface area (Å²) in [5.74, 6) is -6.59. The lowest BCUT2D eigenvalue weighted by atomic mass is 9.58. The molecule has 5 rings (SSSR count). The summed E-state index contributed by atoms with van der Waals surface area (Å²) in [6.45, 7) is 0.904. The molecule has 0 fully saturated rings. The van der Waals surface area contributed by atoms with Crippen LogP contribution in [0.2, 0.25) is 0 Å². The Hall–Kier alpha value is -4.19. The summed E-state index contributed by atoms with van der Waals surface area (Å²) in [6, 6.07) is 10.8. The Balaban J connectivity index is 1.56. The molecule has 0 bridgehead atoms. The maximum absolute atomic E-state index is 14.1. The van der Waals surface area contributed by atoms with Gasteiger partial charge in [-0.2, -0.15) is 0 Å². The van der Waals surface area contributed by atoms with Crippen LogP contribution in [0.5, 0.6) is 5.75 Å². The van der Waals surface area contributed by atoms with Gasteiger partial charge in [0.15, 0.2) is 11.4 Å². The average molecular weight is 591 g/mol. The minimum Gasteiger partial charge on any atom is -0.510 e. The van der Waals surface area contributed by atoms with Crippen LogP contribution in [0.25, 0.3) is 0 Å². The van der Waals surface area contributed by atoms with E-state index in [2.05, 4.69) is 5.32 Å². The number of carbonyl (C=O) groups excluding carboxylic acids is 3. The lowest BCUT2D eigenvalue weighted by Crippen LogP contribution is -2.63. The van der Waals surface area contributed by atoms with Gasteiger partial charge in [0.2, 0.25) is 5.78 Å².